The summed E-state index contributed by atoms with van der Waals surface area (Å²) in [7, 11) is 0. The van der Waals surface area contributed by atoms with Gasteiger partial charge in [0.15, 0.2) is 5.69 Å². The van der Waals surface area contributed by atoms with E-state index < -0.39 is 41.1 Å². The van der Waals surface area contributed by atoms with Crippen LogP contribution < -0.4 is 21.9 Å². The van der Waals surface area contributed by atoms with E-state index in [9.17, 15) is 24.3 Å². The van der Waals surface area contributed by atoms with Crippen LogP contribution in [0.4, 0.5) is 0 Å². The summed E-state index contributed by atoms with van der Waals surface area (Å²) >= 11 is 0. The van der Waals surface area contributed by atoms with Crippen molar-refractivity contribution in [2.75, 3.05) is 0 Å². The highest BCUT2D eigenvalue weighted by atomic mass is 16.3. The van der Waals surface area contributed by atoms with E-state index in [2.05, 4.69) is 39.9 Å². The van der Waals surface area contributed by atoms with Crippen LogP contribution in [-0.4, -0.2) is 38.6 Å². The zero-order valence-electron chi connectivity index (χ0n) is 22.5. The van der Waals surface area contributed by atoms with Crippen LogP contribution in [0.2, 0.25) is 0 Å². The van der Waals surface area contributed by atoms with Crippen molar-refractivity contribution in [3.63, 3.8) is 0 Å². The molecule has 0 radical (unpaired) electrons. The first-order valence-electron chi connectivity index (χ1n) is 14.1. The van der Waals surface area contributed by atoms with Gasteiger partial charge < -0.3 is 15.7 Å². The lowest BCUT2D eigenvalue weighted by Gasteiger charge is -2.29. The molecule has 2 saturated carbocycles. The zero-order chi connectivity index (χ0) is 28.1. The number of amides is 2. The van der Waals surface area contributed by atoms with Crippen LogP contribution in [0.15, 0.2) is 70.3 Å². The summed E-state index contributed by atoms with van der Waals surface area (Å²) in [6, 6.07) is 20.4. The van der Waals surface area contributed by atoms with Gasteiger partial charge in [0.25, 0.3) is 11.5 Å². The van der Waals surface area contributed by atoms with Crippen molar-refractivity contribution < 1.29 is 14.7 Å². The summed E-state index contributed by atoms with van der Waals surface area (Å²) < 4.78 is 0.627. The van der Waals surface area contributed by atoms with Gasteiger partial charge in [0.05, 0.1) is 0 Å². The second kappa shape index (κ2) is 12.4. The number of nitrogens with zero attached hydrogens (tertiary/aromatic N) is 1. The Morgan fingerprint density at radius 1 is 0.750 bits per heavy atom. The van der Waals surface area contributed by atoms with Gasteiger partial charge in [0, 0.05) is 12.1 Å². The molecule has 3 aromatic rings. The molecule has 5 rings (SSSR count). The first kappa shape index (κ1) is 27.4. The van der Waals surface area contributed by atoms with E-state index in [0.717, 1.165) is 51.4 Å². The Bertz CT molecular complexity index is 1430. The molecule has 0 bridgehead atoms. The summed E-state index contributed by atoms with van der Waals surface area (Å²) in [6.45, 7) is -0.536. The number of carbonyl (C=O) groups is 2. The Balaban J connectivity index is 1.15. The molecule has 2 aliphatic carbocycles. The molecule has 9 nitrogen and oxygen atoms in total. The van der Waals surface area contributed by atoms with Gasteiger partial charge in [-0.25, -0.2) is 9.36 Å². The van der Waals surface area contributed by atoms with E-state index >= 15 is 0 Å². The van der Waals surface area contributed by atoms with Gasteiger partial charge in [0.2, 0.25) is 11.7 Å². The lowest BCUT2D eigenvalue weighted by atomic mass is 9.82. The molecule has 2 aliphatic rings. The van der Waals surface area contributed by atoms with Crippen LogP contribution in [0, 0.1) is 0 Å². The Hall–Kier alpha value is -4.14. The lowest BCUT2D eigenvalue weighted by Crippen LogP contribution is -2.45. The minimum atomic E-state index is -1.07. The van der Waals surface area contributed by atoms with Crippen molar-refractivity contribution in [1.82, 2.24) is 20.2 Å². The van der Waals surface area contributed by atoms with Gasteiger partial charge in [-0.15, -0.1) is 0 Å². The summed E-state index contributed by atoms with van der Waals surface area (Å²) in [5.74, 6) is -1.18. The normalized spacial score (nSPS) is 22.8. The number of aromatic amines is 1. The van der Waals surface area contributed by atoms with E-state index in [1.807, 2.05) is 36.4 Å². The Morgan fingerprint density at radius 3 is 1.73 bits per heavy atom. The number of benzene rings is 2. The van der Waals surface area contributed by atoms with Gasteiger partial charge in [-0.3, -0.25) is 19.4 Å². The maximum Gasteiger partial charge on any atom is 0.329 e. The lowest BCUT2D eigenvalue weighted by molar-refractivity contribution is -0.122. The highest BCUT2D eigenvalue weighted by Crippen LogP contribution is 2.33. The number of carbonyl (C=O) groups excluding carboxylic acids is 2. The number of aromatic hydroxyl groups is 1. The maximum atomic E-state index is 12.8. The van der Waals surface area contributed by atoms with Crippen LogP contribution in [0.3, 0.4) is 0 Å². The molecule has 0 saturated heterocycles. The summed E-state index contributed by atoms with van der Waals surface area (Å²) in [5, 5.41) is 16.2. The molecule has 9 heteroatoms. The summed E-state index contributed by atoms with van der Waals surface area (Å²) in [5.41, 5.74) is 0.121. The molecular formula is C31H36N4O5. The SMILES string of the molecule is O=C(Cn1c(=O)[nH]c(C(=O)NC2CCC(c3ccccc3)CC2)c(O)c1=O)N[C@H]1CC[C@@H](c2ccccc2)CC1. The minimum Gasteiger partial charge on any atom is -0.501 e. The van der Waals surface area contributed by atoms with Gasteiger partial charge in [0.1, 0.15) is 6.54 Å². The topological polar surface area (TPSA) is 133 Å². The average Bonchev–Trinajstić information content (AvgIpc) is 2.99. The first-order chi connectivity index (χ1) is 19.4. The number of rotatable bonds is 7. The van der Waals surface area contributed by atoms with Gasteiger partial charge in [-0.05, 0) is 74.3 Å². The van der Waals surface area contributed by atoms with Crippen molar-refractivity contribution in [2.24, 2.45) is 0 Å². The van der Waals surface area contributed by atoms with E-state index in [-0.39, 0.29) is 12.1 Å². The predicted molar refractivity (Wildman–Crippen MR) is 151 cm³/mol. The fourth-order valence-corrected chi connectivity index (χ4v) is 6.14. The monoisotopic (exact) mass is 544 g/mol. The molecule has 0 spiro atoms. The smallest absolute Gasteiger partial charge is 0.329 e. The molecular weight excluding hydrogens is 508 g/mol. The number of hydrogen-bond donors (Lipinski definition) is 4. The minimum absolute atomic E-state index is 0.0436. The quantitative estimate of drug-likeness (QED) is 0.361. The van der Waals surface area contributed by atoms with Crippen LogP contribution >= 0.6 is 0 Å². The van der Waals surface area contributed by atoms with Crippen molar-refractivity contribution in [3.8, 4) is 5.75 Å². The Labute approximate surface area is 232 Å². The maximum absolute atomic E-state index is 12.8. The highest BCUT2D eigenvalue weighted by molar-refractivity contribution is 5.94. The van der Waals surface area contributed by atoms with Crippen LogP contribution in [-0.2, 0) is 11.3 Å². The predicted octanol–water partition coefficient (Wildman–Crippen LogP) is 3.54. The fraction of sp³-hybridized carbons (Fsp3) is 0.419. The second-order valence-electron chi connectivity index (χ2n) is 11.0. The molecule has 210 valence electrons. The standard InChI is InChI=1S/C31H36N4O5/c36-26(32-24-15-11-22(12-16-24)20-7-3-1-4-8-20)19-35-30(39)28(37)27(34-31(35)40)29(38)33-25-17-13-23(14-18-25)21-9-5-2-6-10-21/h1-10,22-25,37H,11-19H2,(H,32,36)(H,33,38)(H,34,40)/t22-,23?,24+,25?. The molecule has 2 aromatic carbocycles. The van der Waals surface area contributed by atoms with Gasteiger partial charge in [-0.2, -0.15) is 0 Å². The fourth-order valence-electron chi connectivity index (χ4n) is 6.14. The van der Waals surface area contributed by atoms with E-state index in [0.29, 0.717) is 16.4 Å². The first-order valence-corrected chi connectivity index (χ1v) is 14.1. The van der Waals surface area contributed by atoms with Crippen LogP contribution in [0.1, 0.15) is 84.8 Å². The molecule has 1 heterocycles. The average molecular weight is 545 g/mol. The number of hydrogen-bond acceptors (Lipinski definition) is 5. The zero-order valence-corrected chi connectivity index (χ0v) is 22.5. The van der Waals surface area contributed by atoms with E-state index in [1.165, 1.54) is 11.1 Å². The summed E-state index contributed by atoms with van der Waals surface area (Å²) in [6.07, 6.45) is 6.79. The third-order valence-electron chi connectivity index (χ3n) is 8.39. The Kier molecular flexibility index (Phi) is 8.48. The molecule has 0 aliphatic heterocycles. The second-order valence-corrected chi connectivity index (χ2v) is 11.0. The summed E-state index contributed by atoms with van der Waals surface area (Å²) in [4.78, 5) is 53.3. The molecule has 40 heavy (non-hydrogen) atoms. The van der Waals surface area contributed by atoms with Gasteiger partial charge in [-0.1, -0.05) is 60.7 Å². The molecule has 0 atom stereocenters. The number of aromatic nitrogens is 2. The largest absolute Gasteiger partial charge is 0.501 e. The van der Waals surface area contributed by atoms with Crippen LogP contribution in [0.5, 0.6) is 5.75 Å². The molecule has 0 unspecified atom stereocenters. The van der Waals surface area contributed by atoms with E-state index in [4.69, 9.17) is 0 Å². The van der Waals surface area contributed by atoms with Crippen molar-refractivity contribution in [1.29, 1.82) is 0 Å². The number of nitrogens with one attached hydrogen (secondary N) is 3. The van der Waals surface area contributed by atoms with Crippen molar-refractivity contribution >= 4 is 11.8 Å². The molecule has 2 fully saturated rings. The highest BCUT2D eigenvalue weighted by Gasteiger charge is 2.27. The van der Waals surface area contributed by atoms with Crippen molar-refractivity contribution in [3.05, 3.63) is 98.3 Å². The third-order valence-corrected chi connectivity index (χ3v) is 8.39. The number of H-pyrrole nitrogens is 1. The van der Waals surface area contributed by atoms with E-state index in [1.54, 1.807) is 0 Å². The molecule has 1 aromatic heterocycles. The van der Waals surface area contributed by atoms with Gasteiger partial charge >= 0.3 is 5.69 Å². The Morgan fingerprint density at radius 2 is 1.23 bits per heavy atom. The molecule has 4 N–H and O–H groups in total. The molecule has 2 amide bonds. The third kappa shape index (κ3) is 6.35. The van der Waals surface area contributed by atoms with Crippen molar-refractivity contribution in [2.45, 2.75) is 81.8 Å². The van der Waals surface area contributed by atoms with Crippen LogP contribution in [0.25, 0.3) is 0 Å².